The van der Waals surface area contributed by atoms with Crippen LogP contribution in [0.25, 0.3) is 0 Å². The zero-order valence-electron chi connectivity index (χ0n) is 18.0. The Morgan fingerprint density at radius 2 is 1.81 bits per heavy atom. The first-order valence-electron chi connectivity index (χ1n) is 10.2. The number of nitrogens with one attached hydrogen (secondary N) is 2. The second-order valence-electron chi connectivity index (χ2n) is 7.34. The van der Waals surface area contributed by atoms with Gasteiger partial charge in [0.1, 0.15) is 11.9 Å². The summed E-state index contributed by atoms with van der Waals surface area (Å²) in [6.07, 6.45) is 1.75. The number of aromatic nitrogens is 1. The van der Waals surface area contributed by atoms with Crippen LogP contribution in [0.2, 0.25) is 0 Å². The Kier molecular flexibility index (Phi) is 8.07. The van der Waals surface area contributed by atoms with E-state index in [0.717, 1.165) is 25.9 Å². The van der Waals surface area contributed by atoms with Crippen molar-refractivity contribution in [2.45, 2.75) is 25.9 Å². The zero-order chi connectivity index (χ0) is 23.1. The standard InChI is InChI=1S/C22H26N4O5S/c1-14(13-29-2)30-18-11-16(20(27)25-22(23)32)12-19(24-18)31-17-7-5-15(6-8-17)21(28)26-9-3-4-10-26/h5-8,11-12,14H,3-4,9-10,13H2,1-2H3,(H3,23,25,27,32)/t14-/m1/s1. The molecule has 2 heterocycles. The number of hydrogen-bond acceptors (Lipinski definition) is 7. The number of rotatable bonds is 8. The van der Waals surface area contributed by atoms with E-state index in [1.54, 1.807) is 38.3 Å². The number of methoxy groups -OCH3 is 1. The lowest BCUT2D eigenvalue weighted by Crippen LogP contribution is -2.27. The molecule has 2 aromatic rings. The minimum absolute atomic E-state index is 0.00265. The Hall–Kier alpha value is -3.11. The summed E-state index contributed by atoms with van der Waals surface area (Å²) >= 11 is 3.79. The molecule has 0 unspecified atom stereocenters. The first kappa shape index (κ1) is 23.6. The molecule has 2 N–H and O–H groups in total. The van der Waals surface area contributed by atoms with Crippen molar-refractivity contribution in [2.75, 3.05) is 26.8 Å². The molecule has 1 aliphatic heterocycles. The lowest BCUT2D eigenvalue weighted by Gasteiger charge is -2.16. The van der Waals surface area contributed by atoms with Crippen LogP contribution in [0.5, 0.6) is 17.5 Å². The SMILES string of the molecule is COC[C@@H](C)Oc1cc(C(=O)NC(=N)S)cc(Oc2ccc(C(=O)N3CCCC3)cc2)n1. The second-order valence-corrected chi connectivity index (χ2v) is 7.79. The van der Waals surface area contributed by atoms with Crippen molar-refractivity contribution in [1.82, 2.24) is 15.2 Å². The first-order chi connectivity index (χ1) is 15.4. The van der Waals surface area contributed by atoms with Crippen molar-refractivity contribution in [1.29, 1.82) is 5.41 Å². The quantitative estimate of drug-likeness (QED) is 0.318. The molecule has 1 aromatic heterocycles. The zero-order valence-corrected chi connectivity index (χ0v) is 18.9. The molecule has 3 rings (SSSR count). The average Bonchev–Trinajstić information content (AvgIpc) is 3.28. The first-order valence-corrected chi connectivity index (χ1v) is 10.6. The van der Waals surface area contributed by atoms with Crippen LogP contribution in [-0.2, 0) is 4.74 Å². The topological polar surface area (TPSA) is 114 Å². The van der Waals surface area contributed by atoms with Crippen LogP contribution in [0.3, 0.4) is 0 Å². The number of likely N-dealkylation sites (tertiary alicyclic amines) is 1. The number of ether oxygens (including phenoxy) is 3. The molecule has 170 valence electrons. The smallest absolute Gasteiger partial charge is 0.257 e. The molecule has 0 bridgehead atoms. The minimum atomic E-state index is -0.548. The third kappa shape index (κ3) is 6.44. The Labute approximate surface area is 192 Å². The Morgan fingerprint density at radius 3 is 2.44 bits per heavy atom. The maximum Gasteiger partial charge on any atom is 0.257 e. The highest BCUT2D eigenvalue weighted by Gasteiger charge is 2.19. The number of amidine groups is 1. The summed E-state index contributed by atoms with van der Waals surface area (Å²) < 4.78 is 16.6. The molecule has 2 amide bonds. The average molecular weight is 459 g/mol. The van der Waals surface area contributed by atoms with Crippen molar-refractivity contribution in [3.05, 3.63) is 47.5 Å². The predicted molar refractivity (Wildman–Crippen MR) is 122 cm³/mol. The van der Waals surface area contributed by atoms with E-state index in [0.29, 0.717) is 17.9 Å². The van der Waals surface area contributed by atoms with E-state index >= 15 is 0 Å². The Bertz CT molecular complexity index is 977. The number of hydrogen-bond donors (Lipinski definition) is 3. The largest absolute Gasteiger partial charge is 0.472 e. The number of nitrogens with zero attached hydrogens (tertiary/aromatic N) is 2. The van der Waals surface area contributed by atoms with Gasteiger partial charge in [-0.15, -0.1) is 12.6 Å². The van der Waals surface area contributed by atoms with E-state index in [4.69, 9.17) is 19.6 Å². The monoisotopic (exact) mass is 458 g/mol. The molecule has 32 heavy (non-hydrogen) atoms. The van der Waals surface area contributed by atoms with Gasteiger partial charge in [0.25, 0.3) is 11.8 Å². The van der Waals surface area contributed by atoms with Crippen molar-refractivity contribution in [3.63, 3.8) is 0 Å². The number of benzene rings is 1. The predicted octanol–water partition coefficient (Wildman–Crippen LogP) is 3.12. The number of carbonyl (C=O) groups is 2. The van der Waals surface area contributed by atoms with Crippen molar-refractivity contribution in [2.24, 2.45) is 0 Å². The Balaban J connectivity index is 1.79. The van der Waals surface area contributed by atoms with Crippen LogP contribution >= 0.6 is 12.6 Å². The molecule has 1 aliphatic rings. The van der Waals surface area contributed by atoms with E-state index in [1.165, 1.54) is 12.1 Å². The van der Waals surface area contributed by atoms with Gasteiger partial charge in [0.2, 0.25) is 11.8 Å². The molecular weight excluding hydrogens is 432 g/mol. The lowest BCUT2D eigenvalue weighted by molar-refractivity contribution is 0.0792. The summed E-state index contributed by atoms with van der Waals surface area (Å²) in [4.78, 5) is 31.0. The highest BCUT2D eigenvalue weighted by atomic mass is 32.1. The highest BCUT2D eigenvalue weighted by Crippen LogP contribution is 2.25. The summed E-state index contributed by atoms with van der Waals surface area (Å²) in [5.74, 6) is 0.201. The highest BCUT2D eigenvalue weighted by molar-refractivity contribution is 7.96. The van der Waals surface area contributed by atoms with E-state index < -0.39 is 5.91 Å². The van der Waals surface area contributed by atoms with Crippen LogP contribution in [0.4, 0.5) is 0 Å². The van der Waals surface area contributed by atoms with Crippen molar-refractivity contribution in [3.8, 4) is 17.5 Å². The Morgan fingerprint density at radius 1 is 1.16 bits per heavy atom. The summed E-state index contributed by atoms with van der Waals surface area (Å²) in [5, 5.41) is 9.37. The van der Waals surface area contributed by atoms with Gasteiger partial charge in [-0.1, -0.05) is 0 Å². The van der Waals surface area contributed by atoms with E-state index in [9.17, 15) is 9.59 Å². The van der Waals surface area contributed by atoms with Crippen LogP contribution < -0.4 is 14.8 Å². The summed E-state index contributed by atoms with van der Waals surface area (Å²) in [5.41, 5.74) is 0.777. The van der Waals surface area contributed by atoms with Gasteiger partial charge >= 0.3 is 0 Å². The van der Waals surface area contributed by atoms with Crippen LogP contribution in [0.15, 0.2) is 36.4 Å². The van der Waals surface area contributed by atoms with Crippen LogP contribution in [0, 0.1) is 5.41 Å². The fraction of sp³-hybridized carbons (Fsp3) is 0.364. The summed E-state index contributed by atoms with van der Waals surface area (Å²) in [6, 6.07) is 9.64. The third-order valence-corrected chi connectivity index (χ3v) is 4.82. The molecule has 0 saturated carbocycles. The molecule has 1 fully saturated rings. The molecule has 0 radical (unpaired) electrons. The van der Waals surface area contributed by atoms with Gasteiger partial charge in [-0.3, -0.25) is 15.0 Å². The summed E-state index contributed by atoms with van der Waals surface area (Å²) in [6.45, 7) is 3.70. The molecule has 0 spiro atoms. The van der Waals surface area contributed by atoms with Gasteiger partial charge in [-0.2, -0.15) is 4.98 Å². The van der Waals surface area contributed by atoms with E-state index in [1.807, 2.05) is 4.90 Å². The van der Waals surface area contributed by atoms with Crippen molar-refractivity contribution < 1.29 is 23.8 Å². The molecule has 0 aliphatic carbocycles. The van der Waals surface area contributed by atoms with Gasteiger partial charge < -0.3 is 24.4 Å². The number of carbonyl (C=O) groups excluding carboxylic acids is 2. The second kappa shape index (κ2) is 11.0. The van der Waals surface area contributed by atoms with Gasteiger partial charge in [0.05, 0.1) is 12.2 Å². The van der Waals surface area contributed by atoms with Gasteiger partial charge in [-0.05, 0) is 44.0 Å². The molecular formula is C22H26N4O5S. The molecule has 1 aromatic carbocycles. The van der Waals surface area contributed by atoms with E-state index in [-0.39, 0.29) is 34.5 Å². The number of thiol groups is 1. The lowest BCUT2D eigenvalue weighted by atomic mass is 10.2. The van der Waals surface area contributed by atoms with Gasteiger partial charge in [-0.25, -0.2) is 0 Å². The fourth-order valence-electron chi connectivity index (χ4n) is 3.27. The molecule has 1 saturated heterocycles. The number of amides is 2. The number of pyridine rings is 1. The van der Waals surface area contributed by atoms with Gasteiger partial charge in [0, 0.05) is 37.9 Å². The molecule has 10 heteroatoms. The van der Waals surface area contributed by atoms with Crippen molar-refractivity contribution >= 4 is 29.6 Å². The molecule has 9 nitrogen and oxygen atoms in total. The van der Waals surface area contributed by atoms with Crippen LogP contribution in [-0.4, -0.2) is 59.8 Å². The maximum absolute atomic E-state index is 12.5. The summed E-state index contributed by atoms with van der Waals surface area (Å²) in [7, 11) is 1.56. The normalized spacial score (nSPS) is 14.0. The minimum Gasteiger partial charge on any atom is -0.472 e. The third-order valence-electron chi connectivity index (χ3n) is 4.71. The van der Waals surface area contributed by atoms with Gasteiger partial charge in [0.15, 0.2) is 5.17 Å². The van der Waals surface area contributed by atoms with Crippen LogP contribution in [0.1, 0.15) is 40.5 Å². The fourth-order valence-corrected chi connectivity index (χ4v) is 3.37. The van der Waals surface area contributed by atoms with E-state index in [2.05, 4.69) is 22.9 Å². The molecule has 1 atom stereocenters. The maximum atomic E-state index is 12.5.